The van der Waals surface area contributed by atoms with Crippen molar-refractivity contribution < 1.29 is 24.3 Å². The molecule has 0 amide bonds. The largest absolute Gasteiger partial charge is 0.466 e. The minimum absolute atomic E-state index is 0.0906. The summed E-state index contributed by atoms with van der Waals surface area (Å²) in [5, 5.41) is 10.6. The topological polar surface area (TPSA) is 76.1 Å². The Kier molecular flexibility index (Phi) is 21.7. The van der Waals surface area contributed by atoms with Gasteiger partial charge in [-0.3, -0.25) is 9.59 Å². The van der Waals surface area contributed by atoms with Gasteiger partial charge in [0.1, 0.15) is 0 Å². The number of aliphatic hydroxyl groups excluding tert-OH is 1. The molecule has 0 saturated carbocycles. The fourth-order valence-corrected chi connectivity index (χ4v) is 3.27. The highest BCUT2D eigenvalue weighted by Gasteiger charge is 2.12. The molecule has 1 N–H and O–H groups in total. The van der Waals surface area contributed by atoms with E-state index in [1.165, 1.54) is 56.4 Å². The van der Waals surface area contributed by atoms with Gasteiger partial charge in [-0.25, -0.2) is 0 Å². The van der Waals surface area contributed by atoms with Crippen LogP contribution in [0.2, 0.25) is 0 Å². The molecule has 0 fully saturated rings. The molecule has 0 spiro atoms. The number of hydroxylamine groups is 2. The highest BCUT2D eigenvalue weighted by Crippen LogP contribution is 2.09. The van der Waals surface area contributed by atoms with Gasteiger partial charge < -0.3 is 14.7 Å². The van der Waals surface area contributed by atoms with Crippen molar-refractivity contribution >= 4 is 11.9 Å². The smallest absolute Gasteiger partial charge is 0.325 e. The lowest BCUT2D eigenvalue weighted by atomic mass is 10.1. The van der Waals surface area contributed by atoms with Gasteiger partial charge in [-0.15, -0.1) is 5.06 Å². The van der Waals surface area contributed by atoms with Crippen LogP contribution in [0, 0.1) is 0 Å². The molecule has 0 atom stereocenters. The van der Waals surface area contributed by atoms with E-state index in [1.807, 2.05) is 0 Å². The molecule has 0 aliphatic heterocycles. The molecule has 0 bridgehead atoms. The molecule has 0 rings (SSSR count). The highest BCUT2D eigenvalue weighted by atomic mass is 16.7. The number of esters is 1. The molecule has 0 aliphatic carbocycles. The van der Waals surface area contributed by atoms with E-state index >= 15 is 0 Å². The maximum absolute atomic E-state index is 11.9. The zero-order valence-electron chi connectivity index (χ0n) is 19.7. The molecule has 6 nitrogen and oxygen atoms in total. The Labute approximate surface area is 184 Å². The first-order chi connectivity index (χ1) is 14.6. The van der Waals surface area contributed by atoms with Crippen LogP contribution in [0.5, 0.6) is 0 Å². The van der Waals surface area contributed by atoms with E-state index in [2.05, 4.69) is 13.8 Å². The molecule has 0 heterocycles. The fraction of sp³-hybridized carbons (Fsp3) is 0.917. The van der Waals surface area contributed by atoms with Crippen molar-refractivity contribution in [3.8, 4) is 0 Å². The summed E-state index contributed by atoms with van der Waals surface area (Å²) in [6.07, 6.45) is 16.4. The van der Waals surface area contributed by atoms with E-state index in [0.717, 1.165) is 32.1 Å². The van der Waals surface area contributed by atoms with Crippen molar-refractivity contribution in [3.63, 3.8) is 0 Å². The van der Waals surface area contributed by atoms with Gasteiger partial charge in [-0.05, 0) is 19.3 Å². The number of hydrogen-bond donors (Lipinski definition) is 1. The third kappa shape index (κ3) is 20.1. The number of unbranched alkanes of at least 4 members (excludes halogenated alkanes) is 11. The van der Waals surface area contributed by atoms with Crippen LogP contribution < -0.4 is 0 Å². The van der Waals surface area contributed by atoms with E-state index in [0.29, 0.717) is 32.4 Å². The Morgan fingerprint density at radius 1 is 0.667 bits per heavy atom. The number of ether oxygens (including phenoxy) is 1. The molecule has 30 heavy (non-hydrogen) atoms. The molecule has 0 radical (unpaired) electrons. The van der Waals surface area contributed by atoms with Gasteiger partial charge >= 0.3 is 11.9 Å². The SMILES string of the molecule is CCCCCCCCCCOC(=O)CCCN(CCO)OC(=O)CCCCCCC. The first kappa shape index (κ1) is 28.9. The minimum Gasteiger partial charge on any atom is -0.466 e. The fourth-order valence-electron chi connectivity index (χ4n) is 3.27. The number of aliphatic hydroxyl groups is 1. The van der Waals surface area contributed by atoms with E-state index in [1.54, 1.807) is 0 Å². The first-order valence-corrected chi connectivity index (χ1v) is 12.4. The van der Waals surface area contributed by atoms with E-state index in [9.17, 15) is 9.59 Å². The normalized spacial score (nSPS) is 11.1. The van der Waals surface area contributed by atoms with Gasteiger partial charge in [-0.2, -0.15) is 0 Å². The number of carbonyl (C=O) groups is 2. The number of rotatable bonds is 22. The quantitative estimate of drug-likeness (QED) is 0.138. The lowest BCUT2D eigenvalue weighted by Crippen LogP contribution is -2.31. The number of carbonyl (C=O) groups excluding carboxylic acids is 2. The zero-order chi connectivity index (χ0) is 22.3. The Morgan fingerprint density at radius 3 is 1.80 bits per heavy atom. The molecule has 178 valence electrons. The molecular weight excluding hydrogens is 382 g/mol. The second-order valence-corrected chi connectivity index (χ2v) is 8.08. The van der Waals surface area contributed by atoms with Crippen LogP contribution in [-0.2, 0) is 19.2 Å². The Balaban J connectivity index is 3.72. The maximum atomic E-state index is 11.9. The van der Waals surface area contributed by atoms with E-state index < -0.39 is 0 Å². The molecule has 0 saturated heterocycles. The van der Waals surface area contributed by atoms with Crippen molar-refractivity contribution in [2.75, 3.05) is 26.3 Å². The van der Waals surface area contributed by atoms with Crippen LogP contribution >= 0.6 is 0 Å². The second kappa shape index (κ2) is 22.5. The first-order valence-electron chi connectivity index (χ1n) is 12.4. The average molecular weight is 430 g/mol. The summed E-state index contributed by atoms with van der Waals surface area (Å²) in [7, 11) is 0. The second-order valence-electron chi connectivity index (χ2n) is 8.08. The Bertz CT molecular complexity index is 403. The lowest BCUT2D eigenvalue weighted by Gasteiger charge is -2.20. The van der Waals surface area contributed by atoms with Crippen LogP contribution in [0.3, 0.4) is 0 Å². The summed E-state index contributed by atoms with van der Waals surface area (Å²) in [5.41, 5.74) is 0. The summed E-state index contributed by atoms with van der Waals surface area (Å²) in [6.45, 7) is 5.46. The average Bonchev–Trinajstić information content (AvgIpc) is 2.72. The van der Waals surface area contributed by atoms with Crippen LogP contribution in [0.4, 0.5) is 0 Å². The van der Waals surface area contributed by atoms with Gasteiger partial charge in [-0.1, -0.05) is 84.5 Å². The summed E-state index contributed by atoms with van der Waals surface area (Å²) in [6, 6.07) is 0. The molecule has 0 aliphatic rings. The van der Waals surface area contributed by atoms with Crippen LogP contribution in [0.1, 0.15) is 117 Å². The zero-order valence-corrected chi connectivity index (χ0v) is 19.7. The molecule has 6 heteroatoms. The van der Waals surface area contributed by atoms with Crippen molar-refractivity contribution in [2.24, 2.45) is 0 Å². The van der Waals surface area contributed by atoms with Gasteiger partial charge in [0.2, 0.25) is 0 Å². The highest BCUT2D eigenvalue weighted by molar-refractivity contribution is 5.69. The lowest BCUT2D eigenvalue weighted by molar-refractivity contribution is -0.193. The monoisotopic (exact) mass is 429 g/mol. The van der Waals surface area contributed by atoms with E-state index in [4.69, 9.17) is 14.7 Å². The maximum Gasteiger partial charge on any atom is 0.325 e. The standard InChI is InChI=1S/C24H47NO5/c1-3-5-7-9-10-11-13-15-22-29-23(27)18-16-19-25(20-21-26)30-24(28)17-14-12-8-6-4-2/h26H,3-22H2,1-2H3. The van der Waals surface area contributed by atoms with Gasteiger partial charge in [0.05, 0.1) is 19.8 Å². The molecule has 0 aromatic heterocycles. The van der Waals surface area contributed by atoms with Crippen LogP contribution in [-0.4, -0.2) is 48.4 Å². The van der Waals surface area contributed by atoms with Gasteiger partial charge in [0.15, 0.2) is 0 Å². The Morgan fingerprint density at radius 2 is 1.20 bits per heavy atom. The third-order valence-corrected chi connectivity index (χ3v) is 5.11. The molecule has 0 unspecified atom stereocenters. The van der Waals surface area contributed by atoms with Crippen molar-refractivity contribution in [1.29, 1.82) is 0 Å². The van der Waals surface area contributed by atoms with Crippen molar-refractivity contribution in [3.05, 3.63) is 0 Å². The summed E-state index contributed by atoms with van der Waals surface area (Å²) >= 11 is 0. The summed E-state index contributed by atoms with van der Waals surface area (Å²) in [5.74, 6) is -0.471. The minimum atomic E-state index is -0.266. The van der Waals surface area contributed by atoms with Crippen LogP contribution in [0.25, 0.3) is 0 Å². The number of nitrogens with zero attached hydrogens (tertiary/aromatic N) is 1. The molecular formula is C24H47NO5. The third-order valence-electron chi connectivity index (χ3n) is 5.11. The molecule has 0 aromatic carbocycles. The summed E-state index contributed by atoms with van der Waals surface area (Å²) < 4.78 is 5.28. The Hall–Kier alpha value is -1.14. The molecule has 0 aromatic rings. The summed E-state index contributed by atoms with van der Waals surface area (Å²) in [4.78, 5) is 29.1. The van der Waals surface area contributed by atoms with Crippen molar-refractivity contribution in [2.45, 2.75) is 117 Å². The van der Waals surface area contributed by atoms with E-state index in [-0.39, 0.29) is 25.1 Å². The number of hydrogen-bond acceptors (Lipinski definition) is 6. The van der Waals surface area contributed by atoms with Gasteiger partial charge in [0, 0.05) is 19.4 Å². The van der Waals surface area contributed by atoms with Gasteiger partial charge in [0.25, 0.3) is 0 Å². The van der Waals surface area contributed by atoms with Crippen LogP contribution in [0.15, 0.2) is 0 Å². The predicted molar refractivity (Wildman–Crippen MR) is 121 cm³/mol. The predicted octanol–water partition coefficient (Wildman–Crippen LogP) is 5.56. The van der Waals surface area contributed by atoms with Crippen molar-refractivity contribution in [1.82, 2.24) is 5.06 Å².